The molecule has 4 rings (SSSR count). The highest BCUT2D eigenvalue weighted by molar-refractivity contribution is 6.35. The average molecular weight is 473 g/mol. The Morgan fingerprint density at radius 3 is 2.34 bits per heavy atom. The van der Waals surface area contributed by atoms with Crippen LogP contribution in [-0.2, 0) is 9.47 Å². The number of aliphatic hydroxyl groups excluding tert-OH is 1. The summed E-state index contributed by atoms with van der Waals surface area (Å²) in [5.74, 6) is -0.260. The summed E-state index contributed by atoms with van der Waals surface area (Å²) in [7, 11) is 1.61. The molecule has 1 amide bonds. The van der Waals surface area contributed by atoms with E-state index in [1.807, 2.05) is 42.5 Å². The first-order valence-corrected chi connectivity index (χ1v) is 10.9. The van der Waals surface area contributed by atoms with Crippen molar-refractivity contribution in [2.75, 3.05) is 26.9 Å². The molecule has 1 unspecified atom stereocenters. The van der Waals surface area contributed by atoms with Crippen molar-refractivity contribution in [1.29, 1.82) is 0 Å². The molecule has 1 aliphatic heterocycles. The van der Waals surface area contributed by atoms with Gasteiger partial charge >= 0.3 is 0 Å². The van der Waals surface area contributed by atoms with E-state index < -0.39 is 12.3 Å². The number of hydrogen-bond donors (Lipinski definition) is 1. The molecule has 1 saturated heterocycles. The van der Waals surface area contributed by atoms with Crippen LogP contribution in [0, 0.1) is 0 Å². The number of hydrogen-bond acceptors (Lipinski definition) is 5. The zero-order valence-corrected chi connectivity index (χ0v) is 18.9. The lowest BCUT2D eigenvalue weighted by molar-refractivity contribution is -0.0442. The number of rotatable bonds is 6. The fraction of sp³-hybridized carbons (Fsp3) is 0.250. The Kier molecular flexibility index (Phi) is 7.08. The molecule has 166 valence electrons. The van der Waals surface area contributed by atoms with E-state index in [1.165, 1.54) is 11.1 Å². The van der Waals surface area contributed by atoms with Gasteiger partial charge in [0.25, 0.3) is 5.91 Å². The maximum absolute atomic E-state index is 13.2. The normalized spacial score (nSPS) is 15.0. The molecule has 1 aromatic heterocycles. The van der Waals surface area contributed by atoms with Crippen LogP contribution >= 0.6 is 23.2 Å². The first-order valence-electron chi connectivity index (χ1n) is 10.1. The van der Waals surface area contributed by atoms with Gasteiger partial charge in [0.05, 0.1) is 36.4 Å². The van der Waals surface area contributed by atoms with Gasteiger partial charge in [0, 0.05) is 24.4 Å². The van der Waals surface area contributed by atoms with E-state index in [9.17, 15) is 9.90 Å². The smallest absolute Gasteiger partial charge is 0.254 e. The van der Waals surface area contributed by atoms with E-state index >= 15 is 0 Å². The Morgan fingerprint density at radius 1 is 1.09 bits per heavy atom. The standard InChI is InChI=1S/C24H22Cl2N2O4/c1-28(23(30)17-9-7-16(8-10-17)15-5-3-2-4-6-15)19(14-29)18-13-27-22(26)20(21(18)25)24-31-11-12-32-24/h2-10,13,19,24,29H,11-12,14H2,1H3. The lowest BCUT2D eigenvalue weighted by Crippen LogP contribution is -2.33. The number of halogens is 2. The van der Waals surface area contributed by atoms with Crippen molar-refractivity contribution in [3.63, 3.8) is 0 Å². The zero-order chi connectivity index (χ0) is 22.7. The second-order valence-electron chi connectivity index (χ2n) is 7.36. The highest BCUT2D eigenvalue weighted by Gasteiger charge is 2.31. The predicted molar refractivity (Wildman–Crippen MR) is 123 cm³/mol. The fourth-order valence-electron chi connectivity index (χ4n) is 3.67. The first-order chi connectivity index (χ1) is 15.5. The minimum Gasteiger partial charge on any atom is -0.394 e. The van der Waals surface area contributed by atoms with Crippen molar-refractivity contribution < 1.29 is 19.4 Å². The molecular formula is C24H22Cl2N2O4. The van der Waals surface area contributed by atoms with E-state index in [1.54, 1.807) is 19.2 Å². The maximum atomic E-state index is 13.2. The number of aliphatic hydroxyl groups is 1. The summed E-state index contributed by atoms with van der Waals surface area (Å²) >= 11 is 12.9. The van der Waals surface area contributed by atoms with Gasteiger partial charge < -0.3 is 19.5 Å². The number of likely N-dealkylation sites (N-methyl/N-ethyl adjacent to an activating group) is 1. The van der Waals surface area contributed by atoms with Gasteiger partial charge in [-0.1, -0.05) is 65.7 Å². The van der Waals surface area contributed by atoms with Crippen LogP contribution in [0.2, 0.25) is 10.2 Å². The lowest BCUT2D eigenvalue weighted by Gasteiger charge is -2.28. The van der Waals surface area contributed by atoms with Crippen LogP contribution in [0.1, 0.15) is 33.8 Å². The number of amides is 1. The second kappa shape index (κ2) is 9.98. The van der Waals surface area contributed by atoms with Gasteiger partial charge in [-0.2, -0.15) is 0 Å². The molecule has 1 aliphatic rings. The molecule has 1 atom stereocenters. The summed E-state index contributed by atoms with van der Waals surface area (Å²) in [5.41, 5.74) is 3.43. The summed E-state index contributed by atoms with van der Waals surface area (Å²) in [6, 6.07) is 16.5. The molecule has 3 aromatic rings. The maximum Gasteiger partial charge on any atom is 0.254 e. The molecule has 0 saturated carbocycles. The van der Waals surface area contributed by atoms with Gasteiger partial charge in [-0.3, -0.25) is 4.79 Å². The Morgan fingerprint density at radius 2 is 1.72 bits per heavy atom. The molecular weight excluding hydrogens is 451 g/mol. The van der Waals surface area contributed by atoms with Gasteiger partial charge in [-0.15, -0.1) is 0 Å². The van der Waals surface area contributed by atoms with Crippen molar-refractivity contribution in [3.05, 3.63) is 87.7 Å². The molecule has 0 bridgehead atoms. The van der Waals surface area contributed by atoms with Crippen molar-refractivity contribution in [3.8, 4) is 11.1 Å². The topological polar surface area (TPSA) is 71.9 Å². The van der Waals surface area contributed by atoms with Crippen molar-refractivity contribution in [2.24, 2.45) is 0 Å². The van der Waals surface area contributed by atoms with Crippen LogP contribution in [0.4, 0.5) is 0 Å². The van der Waals surface area contributed by atoms with Crippen LogP contribution in [0.25, 0.3) is 11.1 Å². The highest BCUT2D eigenvalue weighted by atomic mass is 35.5. The van der Waals surface area contributed by atoms with Gasteiger partial charge in [0.15, 0.2) is 6.29 Å². The Bertz CT molecular complexity index is 1090. The largest absolute Gasteiger partial charge is 0.394 e. The number of carbonyl (C=O) groups excluding carboxylic acids is 1. The third-order valence-corrected chi connectivity index (χ3v) is 6.17. The third kappa shape index (κ3) is 4.51. The van der Waals surface area contributed by atoms with Crippen LogP contribution in [0.15, 0.2) is 60.8 Å². The van der Waals surface area contributed by atoms with Crippen molar-refractivity contribution in [2.45, 2.75) is 12.3 Å². The predicted octanol–water partition coefficient (Wildman–Crippen LogP) is 4.91. The molecule has 1 N–H and O–H groups in total. The van der Waals surface area contributed by atoms with E-state index in [-0.39, 0.29) is 22.7 Å². The third-order valence-electron chi connectivity index (χ3n) is 5.45. The zero-order valence-electron chi connectivity index (χ0n) is 17.4. The molecule has 8 heteroatoms. The number of nitrogens with zero attached hydrogens (tertiary/aromatic N) is 2. The van der Waals surface area contributed by atoms with Crippen LogP contribution in [0.3, 0.4) is 0 Å². The van der Waals surface area contributed by atoms with E-state index in [4.69, 9.17) is 32.7 Å². The minimum absolute atomic E-state index is 0.160. The molecule has 2 heterocycles. The summed E-state index contributed by atoms with van der Waals surface area (Å²) < 4.78 is 11.0. The second-order valence-corrected chi connectivity index (χ2v) is 8.10. The van der Waals surface area contributed by atoms with Crippen LogP contribution in [0.5, 0.6) is 0 Å². The van der Waals surface area contributed by atoms with Crippen molar-refractivity contribution >= 4 is 29.1 Å². The monoisotopic (exact) mass is 472 g/mol. The van der Waals surface area contributed by atoms with Gasteiger partial charge in [0.2, 0.25) is 0 Å². The summed E-state index contributed by atoms with van der Waals surface area (Å²) in [4.78, 5) is 18.8. The van der Waals surface area contributed by atoms with Gasteiger partial charge in [-0.25, -0.2) is 4.98 Å². The van der Waals surface area contributed by atoms with Crippen molar-refractivity contribution in [1.82, 2.24) is 9.88 Å². The minimum atomic E-state index is -0.728. The Labute approximate surface area is 196 Å². The molecule has 32 heavy (non-hydrogen) atoms. The fourth-order valence-corrected chi connectivity index (χ4v) is 4.30. The van der Waals surface area contributed by atoms with E-state index in [2.05, 4.69) is 4.98 Å². The Balaban J connectivity index is 1.59. The summed E-state index contributed by atoms with van der Waals surface area (Å²) in [6.45, 7) is 0.490. The molecule has 0 aliphatic carbocycles. The number of carbonyl (C=O) groups is 1. The van der Waals surface area contributed by atoms with E-state index in [0.29, 0.717) is 29.9 Å². The van der Waals surface area contributed by atoms with Crippen LogP contribution < -0.4 is 0 Å². The molecule has 0 spiro atoms. The SMILES string of the molecule is CN(C(=O)c1ccc(-c2ccccc2)cc1)C(CO)c1cnc(Cl)c(C2OCCO2)c1Cl. The van der Waals surface area contributed by atoms with Crippen LogP contribution in [-0.4, -0.2) is 47.8 Å². The molecule has 6 nitrogen and oxygen atoms in total. The lowest BCUT2D eigenvalue weighted by atomic mass is 10.0. The molecule has 1 fully saturated rings. The first kappa shape index (κ1) is 22.7. The molecule has 2 aromatic carbocycles. The number of pyridine rings is 1. The number of benzene rings is 2. The number of aromatic nitrogens is 1. The van der Waals surface area contributed by atoms with E-state index in [0.717, 1.165) is 11.1 Å². The summed E-state index contributed by atoms with van der Waals surface area (Å²) in [5, 5.41) is 10.5. The van der Waals surface area contributed by atoms with Gasteiger partial charge in [-0.05, 0) is 23.3 Å². The highest BCUT2D eigenvalue weighted by Crippen LogP contribution is 2.39. The average Bonchev–Trinajstić information content (AvgIpc) is 3.35. The quantitative estimate of drug-likeness (QED) is 0.516. The molecule has 0 radical (unpaired) electrons. The number of ether oxygens (including phenoxy) is 2. The Hall–Kier alpha value is -2.48. The van der Waals surface area contributed by atoms with Gasteiger partial charge in [0.1, 0.15) is 5.15 Å². The summed E-state index contributed by atoms with van der Waals surface area (Å²) in [6.07, 6.45) is 0.736.